The van der Waals surface area contributed by atoms with E-state index in [0.29, 0.717) is 10.0 Å². The number of aromatic nitrogens is 6. The molecule has 0 radical (unpaired) electrons. The van der Waals surface area contributed by atoms with Crippen LogP contribution in [0.4, 0.5) is 0 Å². The number of carbonyl (C=O) groups is 11. The number of pyridine rings is 1. The van der Waals surface area contributed by atoms with E-state index in [2.05, 4.69) is 112 Å². The van der Waals surface area contributed by atoms with Crippen LogP contribution in [0.5, 0.6) is 0 Å². The fraction of sp³-hybridized carbons (Fsp3) is 0.135. The normalized spacial score (nSPS) is 16.1. The second-order valence-electron chi connectivity index (χ2n) is 17.6. The van der Waals surface area contributed by atoms with Crippen molar-refractivity contribution < 1.29 is 71.8 Å². The first kappa shape index (κ1) is 62.4. The van der Waals surface area contributed by atoms with Gasteiger partial charge in [-0.15, -0.1) is 34.0 Å². The number of aliphatic hydroxyl groups is 1. The van der Waals surface area contributed by atoms with Gasteiger partial charge in [-0.3, -0.25) is 47.9 Å². The van der Waals surface area contributed by atoms with Crippen LogP contribution in [0.1, 0.15) is 101 Å². The Kier molecular flexibility index (Phi) is 19.4. The van der Waals surface area contributed by atoms with Gasteiger partial charge in [0.25, 0.3) is 53.2 Å². The molecule has 10 bridgehead atoms. The summed E-state index contributed by atoms with van der Waals surface area (Å²) in [7, 11) is 0. The summed E-state index contributed by atoms with van der Waals surface area (Å²) in [5, 5.41) is 47.8. The number of rotatable bonds is 10. The Morgan fingerprint density at radius 3 is 1.88 bits per heavy atom. The topological polar surface area (TPSA) is 452 Å². The molecule has 86 heavy (non-hydrogen) atoms. The highest BCUT2D eigenvalue weighted by Crippen LogP contribution is 2.34. The standard InChI is InChI=1S/C52H46N16O15S3/c1-10-28-49-65-31(15-83-49)42(74)53-13-35-61-32(16-84-35)44(76)59-24(7)50-66-33(17-85-50)45(77)57-22(5)40(72)58-23(6)48-64-30(14-82-48)37-27(51-67-34(18-86-51)46(78)68-36(26(9)69)47(79)63-28)11-12-29(62-37)43(75)56-21(4)39(71)54-19(2)38(70)55-20(3)41(73)60-25(8)52(80)81/h10-12,14-18,24,26,36,69H,2-6,8,13H2,1,7,9H3,(H,53,74)(H,54,71)(H,55,70)(H,56,75)(H,57,77)(H,58,72)(H,59,76)(H,60,73)(H,63,79)(H,68,78)(H,80,81)/b28-10+/t24?,26?,36-/m0/s1/i16+1,17+1,18+1. The van der Waals surface area contributed by atoms with Crippen LogP contribution in [0.3, 0.4) is 0 Å². The predicted molar refractivity (Wildman–Crippen MR) is 303 cm³/mol. The number of hydrogen-bond donors (Lipinski definition) is 12. The van der Waals surface area contributed by atoms with Crippen LogP contribution >= 0.6 is 34.0 Å². The maximum absolute atomic E-state index is 13.8. The lowest BCUT2D eigenvalue weighted by Crippen LogP contribution is -2.52. The van der Waals surface area contributed by atoms with E-state index >= 15 is 0 Å². The molecule has 1 aliphatic rings. The SMILES string of the molecule is C=C(NC(=O)C(=C)NC(=O)C(=C)NC(=O)C(=C)NC(=O)c1ccc2c(n1)-c1coc(n1)C(=C)NC(=O)C(=C)NC(=O)c1[13cH]sc(n1)C(C)NC(=O)c1[13cH]sc(n1)CNC(=O)c1coc(n1)/C(=C\C)NC(=O)[C@H](C(C)O)NC(=O)c1[13cH]sc-2n1)C(=O)O. The molecule has 0 saturated carbocycles. The molecule has 1 aliphatic heterocycles. The molecule has 6 aromatic rings. The van der Waals surface area contributed by atoms with Crippen LogP contribution < -0.4 is 53.2 Å². The second kappa shape index (κ2) is 26.8. The van der Waals surface area contributed by atoms with Crippen molar-refractivity contribution in [3.63, 3.8) is 0 Å². The number of aliphatic hydroxyl groups excluding tert-OH is 1. The number of allylic oxidation sites excluding steroid dienone is 1. The first-order valence-corrected chi connectivity index (χ1v) is 26.9. The summed E-state index contributed by atoms with van der Waals surface area (Å²) >= 11 is 2.99. The molecule has 6 aromatic heterocycles. The highest BCUT2D eigenvalue weighted by molar-refractivity contribution is 7.13. The van der Waals surface area contributed by atoms with E-state index in [1.165, 1.54) is 48.2 Å². The van der Waals surface area contributed by atoms with Gasteiger partial charge in [0.1, 0.15) is 73.5 Å². The van der Waals surface area contributed by atoms with Gasteiger partial charge in [0.2, 0.25) is 17.7 Å². The van der Waals surface area contributed by atoms with Crippen molar-refractivity contribution in [2.75, 3.05) is 0 Å². The van der Waals surface area contributed by atoms with Crippen molar-refractivity contribution >= 4 is 110 Å². The number of aliphatic carboxylic acids is 1. The number of hydrogen-bond acceptors (Lipinski definition) is 23. The molecule has 3 atom stereocenters. The molecule has 31 nitrogen and oxygen atoms in total. The molecule has 7 heterocycles. The zero-order chi connectivity index (χ0) is 62.8. The monoisotopic (exact) mass is 1230 g/mol. The third-order valence-electron chi connectivity index (χ3n) is 11.3. The van der Waals surface area contributed by atoms with E-state index in [1.54, 1.807) is 6.92 Å². The number of thiazole rings is 3. The van der Waals surface area contributed by atoms with Crippen LogP contribution in [0, 0.1) is 0 Å². The van der Waals surface area contributed by atoms with Gasteiger partial charge in [0, 0.05) is 21.7 Å². The van der Waals surface area contributed by atoms with Crippen molar-refractivity contribution in [3.05, 3.63) is 165 Å². The third kappa shape index (κ3) is 15.1. The third-order valence-corrected chi connectivity index (χ3v) is 14.0. The van der Waals surface area contributed by atoms with Gasteiger partial charge < -0.3 is 72.2 Å². The quantitative estimate of drug-likeness (QED) is 0.0862. The molecule has 2 unspecified atom stereocenters. The molecule has 12 N–H and O–H groups in total. The molecule has 7 rings (SSSR count). The molecule has 442 valence electrons. The number of oxazole rings is 2. The summed E-state index contributed by atoms with van der Waals surface area (Å²) in [6.07, 6.45) is 1.94. The molecule has 0 aromatic carbocycles. The lowest BCUT2D eigenvalue weighted by molar-refractivity contribution is -0.134. The Labute approximate surface area is 495 Å². The zero-order valence-corrected chi connectivity index (χ0v) is 47.4. The van der Waals surface area contributed by atoms with E-state index in [0.717, 1.165) is 46.5 Å². The smallest absolute Gasteiger partial charge is 0.351 e. The van der Waals surface area contributed by atoms with Crippen LogP contribution in [0.2, 0.25) is 0 Å². The number of carboxylic acids is 1. The van der Waals surface area contributed by atoms with Crippen LogP contribution in [0.15, 0.2) is 124 Å². The summed E-state index contributed by atoms with van der Waals surface area (Å²) in [5.74, 6) is -11.7. The maximum Gasteiger partial charge on any atom is 0.351 e. The van der Waals surface area contributed by atoms with Crippen molar-refractivity contribution in [1.82, 2.24) is 83.1 Å². The molecule has 10 amide bonds. The van der Waals surface area contributed by atoms with Gasteiger partial charge in [-0.1, -0.05) is 45.5 Å². The Hall–Kier alpha value is -11.2. The molecule has 0 aliphatic carbocycles. The number of nitrogens with zero attached hydrogens (tertiary/aromatic N) is 6. The molecule has 34 heteroatoms. The first-order chi connectivity index (χ1) is 40.7. The lowest BCUT2D eigenvalue weighted by atomic mass is 10.1. The largest absolute Gasteiger partial charge is 0.477 e. The summed E-state index contributed by atoms with van der Waals surface area (Å²) in [4.78, 5) is 169. The van der Waals surface area contributed by atoms with Crippen molar-refractivity contribution in [3.8, 4) is 22.0 Å². The highest BCUT2D eigenvalue weighted by atomic mass is 32.1. The Bertz CT molecular complexity index is 3950. The van der Waals surface area contributed by atoms with Gasteiger partial charge in [-0.25, -0.2) is 34.7 Å². The van der Waals surface area contributed by atoms with Crippen LogP contribution in [0.25, 0.3) is 33.4 Å². The summed E-state index contributed by atoms with van der Waals surface area (Å²) in [6.45, 7) is 25.0. The van der Waals surface area contributed by atoms with Crippen molar-refractivity contribution in [2.45, 2.75) is 45.5 Å². The summed E-state index contributed by atoms with van der Waals surface area (Å²) < 4.78 is 11.1. The number of carbonyl (C=O) groups excluding carboxylic acids is 10. The van der Waals surface area contributed by atoms with E-state index in [1.807, 2.05) is 10.6 Å². The number of carboxylic acid groups (broad SMARTS) is 1. The zero-order valence-electron chi connectivity index (χ0n) is 44.9. The minimum absolute atomic E-state index is 0.0187. The van der Waals surface area contributed by atoms with Crippen LogP contribution in [-0.4, -0.2) is 117 Å². The van der Waals surface area contributed by atoms with E-state index < -0.39 is 117 Å². The average Bonchev–Trinajstić information content (AvgIpc) is 4.19. The average molecular weight is 1230 g/mol. The Morgan fingerprint density at radius 1 is 0.651 bits per heavy atom. The van der Waals surface area contributed by atoms with Gasteiger partial charge in [-0.2, -0.15) is 0 Å². The number of amides is 10. The van der Waals surface area contributed by atoms with Crippen molar-refractivity contribution in [1.29, 1.82) is 0 Å². The molecule has 0 saturated heterocycles. The second-order valence-corrected chi connectivity index (χ2v) is 20.3. The van der Waals surface area contributed by atoms with E-state index in [9.17, 15) is 57.8 Å². The van der Waals surface area contributed by atoms with Gasteiger partial charge in [-0.05, 0) is 32.9 Å². The van der Waals surface area contributed by atoms with E-state index in [-0.39, 0.29) is 74.5 Å². The molecular formula is C52H46N16O15S3. The minimum atomic E-state index is -1.63. The van der Waals surface area contributed by atoms with E-state index in [4.69, 9.17) is 13.9 Å². The fourth-order valence-electron chi connectivity index (χ4n) is 6.81. The molecule has 0 spiro atoms. The first-order valence-electron chi connectivity index (χ1n) is 24.3. The summed E-state index contributed by atoms with van der Waals surface area (Å²) in [5.41, 5.74) is -4.74. The Morgan fingerprint density at radius 2 is 1.22 bits per heavy atom. The minimum Gasteiger partial charge on any atom is -0.477 e. The van der Waals surface area contributed by atoms with Gasteiger partial charge in [0.05, 0.1) is 52.9 Å². The number of nitrogens with one attached hydrogen (secondary N) is 10. The molecular weight excluding hydrogens is 1190 g/mol. The van der Waals surface area contributed by atoms with Gasteiger partial charge in [0.15, 0.2) is 5.69 Å². The highest BCUT2D eigenvalue weighted by Gasteiger charge is 2.31. The lowest BCUT2D eigenvalue weighted by Gasteiger charge is -2.20. The summed E-state index contributed by atoms with van der Waals surface area (Å²) in [6, 6.07) is 0.142. The van der Waals surface area contributed by atoms with Crippen molar-refractivity contribution in [2.24, 2.45) is 0 Å². The number of fused-ring (bicyclic) bond motifs is 13. The van der Waals surface area contributed by atoms with Crippen LogP contribution in [-0.2, 0) is 35.3 Å². The molecule has 0 fully saturated rings. The van der Waals surface area contributed by atoms with Gasteiger partial charge >= 0.3 is 5.97 Å². The fourth-order valence-corrected chi connectivity index (χ4v) is 9.16. The Balaban J connectivity index is 1.15. The predicted octanol–water partition coefficient (Wildman–Crippen LogP) is 1.40. The maximum atomic E-state index is 13.8.